The van der Waals surface area contributed by atoms with E-state index in [9.17, 15) is 24.3 Å². The van der Waals surface area contributed by atoms with E-state index in [1.807, 2.05) is 63.1 Å². The Morgan fingerprint density at radius 3 is 0.807 bits per heavy atom. The van der Waals surface area contributed by atoms with Gasteiger partial charge in [0.15, 0.2) is 0 Å². The maximum atomic E-state index is 11.8. The number of hydrogen-bond acceptors (Lipinski definition) is 10. The zero-order chi connectivity index (χ0) is 89.8. The van der Waals surface area contributed by atoms with Gasteiger partial charge in [-0.1, -0.05) is 525 Å². The van der Waals surface area contributed by atoms with E-state index in [1.165, 1.54) is 391 Å². The summed E-state index contributed by atoms with van der Waals surface area (Å²) in [7, 11) is 3.77. The average Bonchev–Trinajstić information content (AvgIpc) is 0.931. The van der Waals surface area contributed by atoms with Gasteiger partial charge in [0.05, 0.1) is 12.7 Å². The summed E-state index contributed by atoms with van der Waals surface area (Å²) in [5, 5.41) is 9.95. The van der Waals surface area contributed by atoms with Crippen molar-refractivity contribution in [2.45, 2.75) is 600 Å². The molecule has 0 radical (unpaired) electrons. The molecule has 0 aliphatic heterocycles. The van der Waals surface area contributed by atoms with Crippen LogP contribution in [0.5, 0.6) is 0 Å². The first-order chi connectivity index (χ1) is 56.8. The Balaban J connectivity index is -0.000000456. The van der Waals surface area contributed by atoms with Crippen LogP contribution in [0.4, 0.5) is 0 Å². The first-order valence-corrected chi connectivity index (χ1v) is 54.8. The Morgan fingerprint density at radius 2 is 0.521 bits per heavy atom. The summed E-state index contributed by atoms with van der Waals surface area (Å²) in [6, 6.07) is 0. The normalized spacial score (nSPS) is 12.1. The number of allylic oxidation sites excluding steroid dienone is 2. The molecule has 10 heteroatoms. The van der Waals surface area contributed by atoms with Crippen LogP contribution in [0.3, 0.4) is 0 Å². The van der Waals surface area contributed by atoms with Gasteiger partial charge in [-0.2, -0.15) is 0 Å². The van der Waals surface area contributed by atoms with Gasteiger partial charge in [-0.3, -0.25) is 19.2 Å². The molecule has 0 aromatic rings. The standard InChI is InChI=1S/C23H46O3.C22H44O2S2.C22H44O.C22H42O.C20H42O/c1-5-6-7-8-9-10-11-12-13-14-15-16-19-25-20-21-26-22(24)17-18-23(2,3)4;1-5-6-7-8-9-10-11-12-13-14-15-19-25-26-20-18-24-21(23)16-17-22(2,3)4;2*1-5-6-7-8-9-10-11-12-13-14-15-16-17-18-19-20-21(23)22(2,3)4;1-5-6-7-8-9-10-11-12-13-14-15-16-17-19(21)18-20(2,3)4/h5-21H2,1-4H3;5-20H2,1-4H3;5-20H2,1-4H3;12-13H,5-11,14-20H2,1-4H3;19,21H,5-18H2,1-4H3/b;;;13-12-;. The second-order valence-electron chi connectivity index (χ2n) is 41.7. The molecule has 0 saturated heterocycles. The number of hydrogen-bond donors (Lipinski definition) is 1. The van der Waals surface area contributed by atoms with Crippen molar-refractivity contribution >= 4 is 45.1 Å². The molecular weight excluding hydrogens is 1500 g/mol. The maximum absolute atomic E-state index is 11.8. The van der Waals surface area contributed by atoms with Crippen LogP contribution < -0.4 is 0 Å². The van der Waals surface area contributed by atoms with Crippen LogP contribution in [0.15, 0.2) is 12.2 Å². The maximum Gasteiger partial charge on any atom is 0.305 e. The lowest BCUT2D eigenvalue weighted by atomic mass is 9.87. The molecule has 0 spiro atoms. The summed E-state index contributed by atoms with van der Waals surface area (Å²) in [6.07, 6.45) is 97.0. The molecule has 8 nitrogen and oxygen atoms in total. The van der Waals surface area contributed by atoms with E-state index in [2.05, 4.69) is 109 Å². The monoisotopic (exact) mass is 1720 g/mol. The number of ketones is 2. The van der Waals surface area contributed by atoms with E-state index in [0.717, 1.165) is 70.1 Å². The molecule has 0 saturated carbocycles. The quantitative estimate of drug-likeness (QED) is 0.0273. The van der Waals surface area contributed by atoms with Crippen molar-refractivity contribution < 1.29 is 38.5 Å². The van der Waals surface area contributed by atoms with E-state index < -0.39 is 0 Å². The third-order valence-corrected chi connectivity index (χ3v) is 25.2. The number of aliphatic hydroxyl groups is 1. The minimum Gasteiger partial charge on any atom is -0.465 e. The molecule has 0 aliphatic rings. The SMILES string of the molecule is CCCCCCCC/C=C\CCCCCCCC(=O)C(C)(C)C.CCCCCCCCCCCCCCC(O)CC(C)(C)C.CCCCCCCCCCCCCCCCCC(=O)C(C)(C)C.CCCCCCCCCCCCCCOCCOC(=O)CCC(C)(C)C.CCCCCCCCCCCCCSSCCOC(=O)CCC(C)(C)C. The predicted molar refractivity (Wildman–Crippen MR) is 536 cm³/mol. The minimum atomic E-state index is -0.152. The molecule has 0 bridgehead atoms. The van der Waals surface area contributed by atoms with E-state index in [1.54, 1.807) is 0 Å². The zero-order valence-corrected chi connectivity index (χ0v) is 86.4. The van der Waals surface area contributed by atoms with E-state index in [0.29, 0.717) is 44.2 Å². The predicted octanol–water partition coefficient (Wildman–Crippen LogP) is 37.5. The Bertz CT molecular complexity index is 1990. The number of esters is 2. The Hall–Kier alpha value is -1.36. The van der Waals surface area contributed by atoms with Crippen LogP contribution in [0, 0.1) is 27.1 Å². The highest BCUT2D eigenvalue weighted by Gasteiger charge is 2.22. The molecule has 0 rings (SSSR count). The summed E-state index contributed by atoms with van der Waals surface area (Å²) in [5.41, 5.74) is 0.357. The summed E-state index contributed by atoms with van der Waals surface area (Å²) >= 11 is 0. The fourth-order valence-electron chi connectivity index (χ4n) is 14.4. The number of Topliss-reactive ketones (excluding diaryl/α,β-unsaturated/α-hetero) is 2. The molecule has 0 amide bonds. The highest BCUT2D eigenvalue weighted by molar-refractivity contribution is 8.76. The summed E-state index contributed by atoms with van der Waals surface area (Å²) in [4.78, 5) is 46.7. The lowest BCUT2D eigenvalue weighted by molar-refractivity contribution is -0.146. The van der Waals surface area contributed by atoms with Gasteiger partial charge in [-0.15, -0.1) is 0 Å². The van der Waals surface area contributed by atoms with Crippen LogP contribution in [0.25, 0.3) is 0 Å². The number of rotatable bonds is 81. The van der Waals surface area contributed by atoms with Gasteiger partial charge in [0.2, 0.25) is 0 Å². The van der Waals surface area contributed by atoms with Crippen LogP contribution in [-0.4, -0.2) is 72.6 Å². The van der Waals surface area contributed by atoms with Crippen molar-refractivity contribution in [3.8, 4) is 0 Å². The van der Waals surface area contributed by atoms with Crippen molar-refractivity contribution in [3.63, 3.8) is 0 Å². The largest absolute Gasteiger partial charge is 0.465 e. The summed E-state index contributed by atoms with van der Waals surface area (Å²) < 4.78 is 16.0. The van der Waals surface area contributed by atoms with Gasteiger partial charge in [-0.05, 0) is 93.3 Å². The second kappa shape index (κ2) is 95.7. The highest BCUT2D eigenvalue weighted by Crippen LogP contribution is 2.28. The third-order valence-electron chi connectivity index (χ3n) is 22.7. The van der Waals surface area contributed by atoms with E-state index in [4.69, 9.17) is 14.2 Å². The van der Waals surface area contributed by atoms with Gasteiger partial charge in [0.1, 0.15) is 24.8 Å². The van der Waals surface area contributed by atoms with Gasteiger partial charge >= 0.3 is 11.9 Å². The van der Waals surface area contributed by atoms with Crippen LogP contribution in [-0.2, 0) is 33.4 Å². The number of carbonyl (C=O) groups is 4. The van der Waals surface area contributed by atoms with Gasteiger partial charge in [-0.25, -0.2) is 0 Å². The van der Waals surface area contributed by atoms with Crippen molar-refractivity contribution in [1.82, 2.24) is 0 Å². The molecule has 0 heterocycles. The van der Waals surface area contributed by atoms with Crippen LogP contribution in [0.2, 0.25) is 0 Å². The van der Waals surface area contributed by atoms with Gasteiger partial charge < -0.3 is 19.3 Å². The Labute approximate surface area is 756 Å². The first kappa shape index (κ1) is 126. The second-order valence-corrected chi connectivity index (χ2v) is 44.4. The third kappa shape index (κ3) is 123. The molecule has 0 fully saturated rings. The number of unbranched alkanes of at least 4 members (excludes halogenated alkanes) is 57. The van der Waals surface area contributed by atoms with Crippen molar-refractivity contribution in [2.24, 2.45) is 27.1 Å². The first-order valence-electron chi connectivity index (χ1n) is 52.4. The summed E-state index contributed by atoms with van der Waals surface area (Å²) in [6.45, 7) is 45.3. The van der Waals surface area contributed by atoms with E-state index in [-0.39, 0.29) is 45.1 Å². The van der Waals surface area contributed by atoms with Crippen LogP contribution >= 0.6 is 21.6 Å². The number of aliphatic hydroxyl groups excluding tert-OH is 1. The van der Waals surface area contributed by atoms with Crippen molar-refractivity contribution in [1.29, 1.82) is 0 Å². The smallest absolute Gasteiger partial charge is 0.305 e. The fraction of sp³-hybridized carbons (Fsp3) is 0.945. The molecule has 1 N–H and O–H groups in total. The van der Waals surface area contributed by atoms with Crippen molar-refractivity contribution in [2.75, 3.05) is 37.9 Å². The van der Waals surface area contributed by atoms with Gasteiger partial charge in [0.25, 0.3) is 0 Å². The van der Waals surface area contributed by atoms with Gasteiger partial charge in [0, 0.05) is 54.6 Å². The summed E-state index contributed by atoms with van der Waals surface area (Å²) in [5.74, 6) is 2.82. The topological polar surface area (TPSA) is 116 Å². The molecule has 714 valence electrons. The zero-order valence-electron chi connectivity index (χ0n) is 84.8. The van der Waals surface area contributed by atoms with E-state index >= 15 is 0 Å². The molecular formula is C109H218O8S2. The minimum absolute atomic E-state index is 0.0455. The molecule has 0 aromatic carbocycles. The number of ether oxygens (including phenoxy) is 3. The van der Waals surface area contributed by atoms with Crippen LogP contribution in [0.1, 0.15) is 594 Å². The molecule has 1 unspecified atom stereocenters. The van der Waals surface area contributed by atoms with Crippen molar-refractivity contribution in [3.05, 3.63) is 12.2 Å². The Kier molecular flexibility index (Phi) is 101. The lowest BCUT2D eigenvalue weighted by Crippen LogP contribution is -2.19. The molecule has 0 aromatic heterocycles. The molecule has 1 atom stereocenters. The fourth-order valence-corrected chi connectivity index (χ4v) is 16.4. The highest BCUT2D eigenvalue weighted by atomic mass is 33.1. The molecule has 119 heavy (non-hydrogen) atoms. The Morgan fingerprint density at radius 1 is 0.269 bits per heavy atom. The lowest BCUT2D eigenvalue weighted by Gasteiger charge is -2.22. The number of carbonyl (C=O) groups excluding carboxylic acids is 4. The molecule has 0 aliphatic carbocycles. The average molecular weight is 1720 g/mol.